The van der Waals surface area contributed by atoms with Gasteiger partial charge in [0.1, 0.15) is 5.82 Å². The molecule has 0 amide bonds. The molecule has 2 aromatic rings. The highest BCUT2D eigenvalue weighted by Crippen LogP contribution is 2.73. The lowest BCUT2D eigenvalue weighted by Crippen LogP contribution is -2.04. The monoisotopic (exact) mass is 344 g/mol. The van der Waals surface area contributed by atoms with Crippen molar-refractivity contribution >= 4 is 26.7 Å². The zero-order valence-electron chi connectivity index (χ0n) is 11.8. The van der Waals surface area contributed by atoms with Crippen LogP contribution in [0, 0.1) is 35.4 Å². The van der Waals surface area contributed by atoms with Gasteiger partial charge in [0, 0.05) is 10.2 Å². The SMILES string of the molecule is Fc1ccc(C(Br)C2C3C4CCC(C4)C32)c2ccccc12. The molecule has 2 heteroatoms. The van der Waals surface area contributed by atoms with Crippen LogP contribution >= 0.6 is 15.9 Å². The van der Waals surface area contributed by atoms with Crippen LogP contribution in [0.2, 0.25) is 0 Å². The van der Waals surface area contributed by atoms with Crippen LogP contribution in [0.25, 0.3) is 10.8 Å². The van der Waals surface area contributed by atoms with Crippen molar-refractivity contribution in [2.24, 2.45) is 29.6 Å². The van der Waals surface area contributed by atoms with Crippen LogP contribution in [0.15, 0.2) is 36.4 Å². The van der Waals surface area contributed by atoms with Gasteiger partial charge in [-0.2, -0.15) is 0 Å². The van der Waals surface area contributed by atoms with Crippen LogP contribution in [-0.4, -0.2) is 0 Å². The molecule has 2 aromatic carbocycles. The third-order valence-corrected chi connectivity index (χ3v) is 7.44. The van der Waals surface area contributed by atoms with Gasteiger partial charge in [0.05, 0.1) is 0 Å². The maximum Gasteiger partial charge on any atom is 0.131 e. The van der Waals surface area contributed by atoms with E-state index < -0.39 is 0 Å². The van der Waals surface area contributed by atoms with E-state index in [4.69, 9.17) is 0 Å². The number of hydrogen-bond donors (Lipinski definition) is 0. The Hall–Kier alpha value is -0.890. The first kappa shape index (κ1) is 12.6. The van der Waals surface area contributed by atoms with Crippen molar-refractivity contribution in [3.8, 4) is 0 Å². The van der Waals surface area contributed by atoms with Crippen molar-refractivity contribution in [1.82, 2.24) is 0 Å². The van der Waals surface area contributed by atoms with E-state index in [0.717, 1.165) is 40.4 Å². The van der Waals surface area contributed by atoms with Crippen molar-refractivity contribution < 1.29 is 4.39 Å². The second-order valence-corrected chi connectivity index (χ2v) is 8.14. The maximum absolute atomic E-state index is 14.0. The minimum absolute atomic E-state index is 0.106. The number of hydrogen-bond acceptors (Lipinski definition) is 0. The molecule has 0 radical (unpaired) electrons. The van der Waals surface area contributed by atoms with Crippen LogP contribution in [0.5, 0.6) is 0 Å². The van der Waals surface area contributed by atoms with Gasteiger partial charge in [0.15, 0.2) is 0 Å². The Morgan fingerprint density at radius 1 is 0.952 bits per heavy atom. The number of alkyl halides is 1. The summed E-state index contributed by atoms with van der Waals surface area (Å²) in [6.07, 6.45) is 4.38. The summed E-state index contributed by atoms with van der Waals surface area (Å²) >= 11 is 3.97. The van der Waals surface area contributed by atoms with Crippen LogP contribution in [0.4, 0.5) is 4.39 Å². The molecule has 0 heterocycles. The number of fused-ring (bicyclic) bond motifs is 6. The summed E-state index contributed by atoms with van der Waals surface area (Å²) in [6, 6.07) is 11.5. The minimum atomic E-state index is -0.106. The van der Waals surface area contributed by atoms with Gasteiger partial charge in [-0.15, -0.1) is 0 Å². The van der Waals surface area contributed by atoms with Crippen LogP contribution in [0.3, 0.4) is 0 Å². The van der Waals surface area contributed by atoms with Gasteiger partial charge in [-0.05, 0) is 65.9 Å². The van der Waals surface area contributed by atoms with Crippen molar-refractivity contribution in [3.05, 3.63) is 47.8 Å². The lowest BCUT2D eigenvalue weighted by atomic mass is 9.94. The lowest BCUT2D eigenvalue weighted by molar-refractivity contribution is 0.456. The molecule has 21 heavy (non-hydrogen) atoms. The van der Waals surface area contributed by atoms with E-state index in [1.165, 1.54) is 24.8 Å². The van der Waals surface area contributed by atoms with Crippen molar-refractivity contribution in [1.29, 1.82) is 0 Å². The molecular formula is C19H18BrF. The fourth-order valence-corrected chi connectivity index (χ4v) is 6.62. The summed E-state index contributed by atoms with van der Waals surface area (Å²) in [6.45, 7) is 0. The largest absolute Gasteiger partial charge is 0.206 e. The number of halogens is 2. The molecule has 0 aliphatic heterocycles. The molecule has 0 nitrogen and oxygen atoms in total. The molecular weight excluding hydrogens is 327 g/mol. The first-order valence-corrected chi connectivity index (χ1v) is 8.98. The van der Waals surface area contributed by atoms with Crippen molar-refractivity contribution in [2.45, 2.75) is 24.1 Å². The predicted molar refractivity (Wildman–Crippen MR) is 86.9 cm³/mol. The summed E-state index contributed by atoms with van der Waals surface area (Å²) in [5.41, 5.74) is 1.28. The van der Waals surface area contributed by atoms with E-state index in [0.29, 0.717) is 4.83 Å². The van der Waals surface area contributed by atoms with Gasteiger partial charge in [-0.25, -0.2) is 4.39 Å². The fraction of sp³-hybridized carbons (Fsp3) is 0.474. The topological polar surface area (TPSA) is 0 Å². The summed E-state index contributed by atoms with van der Waals surface area (Å²) < 4.78 is 14.0. The van der Waals surface area contributed by atoms with Crippen LogP contribution in [0.1, 0.15) is 29.7 Å². The highest BCUT2D eigenvalue weighted by atomic mass is 79.9. The molecule has 108 valence electrons. The molecule has 2 bridgehead atoms. The van der Waals surface area contributed by atoms with Crippen LogP contribution in [-0.2, 0) is 0 Å². The highest BCUT2D eigenvalue weighted by Gasteiger charge is 2.66. The van der Waals surface area contributed by atoms with E-state index >= 15 is 0 Å². The van der Waals surface area contributed by atoms with E-state index in [-0.39, 0.29) is 5.82 Å². The van der Waals surface area contributed by atoms with E-state index in [2.05, 4.69) is 22.0 Å². The molecule has 0 N–H and O–H groups in total. The molecule has 5 unspecified atom stereocenters. The average molecular weight is 345 g/mol. The molecule has 0 spiro atoms. The Labute approximate surface area is 132 Å². The minimum Gasteiger partial charge on any atom is -0.206 e. The molecule has 3 fully saturated rings. The predicted octanol–water partition coefficient (Wildman–Crippen LogP) is 5.71. The zero-order chi connectivity index (χ0) is 14.1. The van der Waals surface area contributed by atoms with Crippen molar-refractivity contribution in [3.63, 3.8) is 0 Å². The van der Waals surface area contributed by atoms with Crippen molar-refractivity contribution in [2.75, 3.05) is 0 Å². The molecule has 3 aliphatic carbocycles. The Balaban J connectivity index is 1.55. The third-order valence-electron chi connectivity index (χ3n) is 6.33. The quantitative estimate of drug-likeness (QED) is 0.612. The Morgan fingerprint density at radius 3 is 2.33 bits per heavy atom. The van der Waals surface area contributed by atoms with E-state index in [9.17, 15) is 4.39 Å². The van der Waals surface area contributed by atoms with Gasteiger partial charge in [-0.1, -0.05) is 46.3 Å². The maximum atomic E-state index is 14.0. The molecule has 5 atom stereocenters. The first-order valence-electron chi connectivity index (χ1n) is 8.07. The molecule has 3 saturated carbocycles. The second-order valence-electron chi connectivity index (χ2n) is 7.15. The van der Waals surface area contributed by atoms with Gasteiger partial charge < -0.3 is 0 Å². The standard InChI is InChI=1S/C19H18BrF/c20-19(18-16-10-5-6-11(9-10)17(16)18)14-7-8-15(21)13-4-2-1-3-12(13)14/h1-4,7-8,10-11,16-19H,5-6,9H2. The molecule has 0 saturated heterocycles. The molecule has 5 rings (SSSR count). The third kappa shape index (κ3) is 1.66. The Bertz CT molecular complexity index is 709. The summed E-state index contributed by atoms with van der Waals surface area (Å²) in [4.78, 5) is 0.390. The zero-order valence-corrected chi connectivity index (χ0v) is 13.4. The Morgan fingerprint density at radius 2 is 1.62 bits per heavy atom. The van der Waals surface area contributed by atoms with Gasteiger partial charge in [-0.3, -0.25) is 0 Å². The summed E-state index contributed by atoms with van der Waals surface area (Å²) in [5.74, 6) is 4.53. The number of benzene rings is 2. The lowest BCUT2D eigenvalue weighted by Gasteiger charge is -2.17. The molecule has 0 aromatic heterocycles. The van der Waals surface area contributed by atoms with Gasteiger partial charge in [0.25, 0.3) is 0 Å². The van der Waals surface area contributed by atoms with E-state index in [1.54, 1.807) is 6.07 Å². The van der Waals surface area contributed by atoms with Crippen LogP contribution < -0.4 is 0 Å². The average Bonchev–Trinajstić information content (AvgIpc) is 2.95. The number of rotatable bonds is 2. The second kappa shape index (κ2) is 4.32. The fourth-order valence-electron chi connectivity index (χ4n) is 5.52. The molecule has 3 aliphatic rings. The smallest absolute Gasteiger partial charge is 0.131 e. The Kier molecular flexibility index (Phi) is 2.60. The van der Waals surface area contributed by atoms with E-state index in [1.807, 2.05) is 24.3 Å². The summed E-state index contributed by atoms with van der Waals surface area (Å²) in [5, 5.41) is 1.84. The van der Waals surface area contributed by atoms with Gasteiger partial charge >= 0.3 is 0 Å². The summed E-state index contributed by atoms with van der Waals surface area (Å²) in [7, 11) is 0. The normalized spacial score (nSPS) is 37.7. The van der Waals surface area contributed by atoms with Gasteiger partial charge in [0.2, 0.25) is 0 Å². The highest BCUT2D eigenvalue weighted by molar-refractivity contribution is 9.09. The first-order chi connectivity index (χ1) is 10.3.